The van der Waals surface area contributed by atoms with Crippen molar-refractivity contribution in [3.05, 3.63) is 0 Å². The summed E-state index contributed by atoms with van der Waals surface area (Å²) in [5, 5.41) is 5.29. The highest BCUT2D eigenvalue weighted by Crippen LogP contribution is 1.91. The van der Waals surface area contributed by atoms with Crippen LogP contribution in [0.1, 0.15) is 32.6 Å². The molecule has 0 radical (unpaired) electrons. The molecule has 0 unspecified atom stereocenters. The van der Waals surface area contributed by atoms with Gasteiger partial charge in [-0.2, -0.15) is 0 Å². The van der Waals surface area contributed by atoms with Gasteiger partial charge in [0.1, 0.15) is 13.2 Å². The Kier molecular flexibility index (Phi) is 26.8. The van der Waals surface area contributed by atoms with E-state index < -0.39 is 0 Å². The number of likely N-dealkylation sites (N-methyl/N-ethyl adjacent to an activating group) is 1. The lowest BCUT2D eigenvalue weighted by atomic mass is 10.3. The van der Waals surface area contributed by atoms with Crippen LogP contribution in [0.5, 0.6) is 0 Å². The minimum absolute atomic E-state index is 0.0386. The Balaban J connectivity index is 3.16. The van der Waals surface area contributed by atoms with Gasteiger partial charge in [-0.05, 0) is 19.3 Å². The van der Waals surface area contributed by atoms with E-state index >= 15 is 0 Å². The van der Waals surface area contributed by atoms with Crippen molar-refractivity contribution in [3.63, 3.8) is 0 Å². The summed E-state index contributed by atoms with van der Waals surface area (Å²) in [6.45, 7) is 8.91. The second-order valence-electron chi connectivity index (χ2n) is 7.25. The third kappa shape index (κ3) is 26.9. The topological polar surface area (TPSA) is 123 Å². The molecule has 0 aliphatic carbocycles. The van der Waals surface area contributed by atoms with Crippen molar-refractivity contribution in [2.24, 2.45) is 0 Å². The van der Waals surface area contributed by atoms with Crippen LogP contribution in [0.3, 0.4) is 0 Å². The van der Waals surface area contributed by atoms with Crippen LogP contribution < -0.4 is 10.6 Å². The lowest BCUT2D eigenvalue weighted by Crippen LogP contribution is -2.29. The van der Waals surface area contributed by atoms with E-state index in [2.05, 4.69) is 17.6 Å². The Bertz CT molecular complexity index is 456. The van der Waals surface area contributed by atoms with Gasteiger partial charge in [-0.25, -0.2) is 0 Å². The standard InChI is InChI=1S/C23H46N2O9/c1-3-4-8-28-10-12-31-17-19-34-21-23(27)25-7-5-6-9-29-11-13-30-14-15-32-16-18-33-20-22(26)24-2/h3-21H2,1-2H3,(H,24,26)(H,25,27). The van der Waals surface area contributed by atoms with Gasteiger partial charge in [-0.1, -0.05) is 13.3 Å². The number of carbonyl (C=O) groups is 2. The van der Waals surface area contributed by atoms with Crippen molar-refractivity contribution in [1.82, 2.24) is 10.6 Å². The number of unbranched alkanes of at least 4 members (excludes halogenated alkanes) is 2. The number of ether oxygens (including phenoxy) is 7. The Morgan fingerprint density at radius 3 is 1.41 bits per heavy atom. The molecule has 34 heavy (non-hydrogen) atoms. The molecule has 0 heterocycles. The van der Waals surface area contributed by atoms with Gasteiger partial charge in [-0.3, -0.25) is 9.59 Å². The average molecular weight is 495 g/mol. The molecule has 0 bridgehead atoms. The molecule has 0 spiro atoms. The first-order chi connectivity index (χ1) is 16.7. The zero-order valence-corrected chi connectivity index (χ0v) is 21.1. The van der Waals surface area contributed by atoms with Crippen molar-refractivity contribution < 1.29 is 42.7 Å². The van der Waals surface area contributed by atoms with Crippen molar-refractivity contribution in [1.29, 1.82) is 0 Å². The van der Waals surface area contributed by atoms with Gasteiger partial charge in [0.05, 0.1) is 66.1 Å². The maximum Gasteiger partial charge on any atom is 0.245 e. The lowest BCUT2D eigenvalue weighted by Gasteiger charge is -2.08. The first kappa shape index (κ1) is 32.7. The molecule has 11 heteroatoms. The SMILES string of the molecule is CCCCOCCOCCOCC(=O)NCCCCOCCOCCOCCOCC(=O)NC. The van der Waals surface area contributed by atoms with E-state index in [4.69, 9.17) is 33.2 Å². The minimum atomic E-state index is -0.157. The highest BCUT2D eigenvalue weighted by molar-refractivity contribution is 5.77. The van der Waals surface area contributed by atoms with E-state index in [1.807, 2.05) is 0 Å². The van der Waals surface area contributed by atoms with E-state index in [1.54, 1.807) is 7.05 Å². The maximum atomic E-state index is 11.7. The second-order valence-corrected chi connectivity index (χ2v) is 7.25. The van der Waals surface area contributed by atoms with E-state index in [0.717, 1.165) is 32.3 Å². The summed E-state index contributed by atoms with van der Waals surface area (Å²) in [6, 6.07) is 0. The second kappa shape index (κ2) is 27.9. The molecule has 0 aliphatic rings. The predicted octanol–water partition coefficient (Wildman–Crippen LogP) is 0.545. The van der Waals surface area contributed by atoms with Crippen LogP contribution in [0.4, 0.5) is 0 Å². The third-order valence-corrected chi connectivity index (χ3v) is 4.29. The van der Waals surface area contributed by atoms with Gasteiger partial charge in [0.15, 0.2) is 0 Å². The molecule has 0 aromatic carbocycles. The van der Waals surface area contributed by atoms with Gasteiger partial charge in [0.2, 0.25) is 11.8 Å². The van der Waals surface area contributed by atoms with Crippen molar-refractivity contribution in [3.8, 4) is 0 Å². The van der Waals surface area contributed by atoms with Crippen LogP contribution in [0, 0.1) is 0 Å². The third-order valence-electron chi connectivity index (χ3n) is 4.29. The van der Waals surface area contributed by atoms with Crippen molar-refractivity contribution in [2.75, 3.05) is 106 Å². The summed E-state index contributed by atoms with van der Waals surface area (Å²) in [7, 11) is 1.56. The molecule has 0 aromatic heterocycles. The molecule has 0 saturated heterocycles. The largest absolute Gasteiger partial charge is 0.379 e. The Morgan fingerprint density at radius 1 is 0.529 bits per heavy atom. The van der Waals surface area contributed by atoms with Gasteiger partial charge in [-0.15, -0.1) is 0 Å². The first-order valence-corrected chi connectivity index (χ1v) is 12.2. The molecule has 2 N–H and O–H groups in total. The summed E-state index contributed by atoms with van der Waals surface area (Å²) in [4.78, 5) is 22.6. The monoisotopic (exact) mass is 494 g/mol. The van der Waals surface area contributed by atoms with E-state index in [9.17, 15) is 9.59 Å². The zero-order valence-electron chi connectivity index (χ0n) is 21.1. The van der Waals surface area contributed by atoms with Crippen molar-refractivity contribution >= 4 is 11.8 Å². The summed E-state index contributed by atoms with van der Waals surface area (Å²) in [5.74, 6) is -0.285. The lowest BCUT2D eigenvalue weighted by molar-refractivity contribution is -0.126. The summed E-state index contributed by atoms with van der Waals surface area (Å²) >= 11 is 0. The van der Waals surface area contributed by atoms with Crippen LogP contribution in [-0.2, 0) is 42.7 Å². The molecule has 11 nitrogen and oxygen atoms in total. The summed E-state index contributed by atoms with van der Waals surface area (Å²) in [5.41, 5.74) is 0. The van der Waals surface area contributed by atoms with Crippen LogP contribution in [0.25, 0.3) is 0 Å². The van der Waals surface area contributed by atoms with Gasteiger partial charge in [0, 0.05) is 26.8 Å². The Morgan fingerprint density at radius 2 is 0.941 bits per heavy atom. The maximum absolute atomic E-state index is 11.7. The van der Waals surface area contributed by atoms with Crippen LogP contribution in [0.2, 0.25) is 0 Å². The van der Waals surface area contributed by atoms with Gasteiger partial charge in [0.25, 0.3) is 0 Å². The van der Waals surface area contributed by atoms with E-state index in [-0.39, 0.29) is 25.0 Å². The molecular weight excluding hydrogens is 448 g/mol. The highest BCUT2D eigenvalue weighted by Gasteiger charge is 2.01. The van der Waals surface area contributed by atoms with Crippen LogP contribution in [0.15, 0.2) is 0 Å². The minimum Gasteiger partial charge on any atom is -0.379 e. The number of nitrogens with one attached hydrogen (secondary N) is 2. The van der Waals surface area contributed by atoms with Crippen LogP contribution >= 0.6 is 0 Å². The fraction of sp³-hybridized carbons (Fsp3) is 0.913. The average Bonchev–Trinajstić information content (AvgIpc) is 2.84. The fourth-order valence-electron chi connectivity index (χ4n) is 2.36. The van der Waals surface area contributed by atoms with Crippen LogP contribution in [-0.4, -0.2) is 118 Å². The van der Waals surface area contributed by atoms with E-state index in [0.29, 0.717) is 79.2 Å². The number of rotatable bonds is 27. The van der Waals surface area contributed by atoms with Crippen molar-refractivity contribution in [2.45, 2.75) is 32.6 Å². The molecule has 0 rings (SSSR count). The molecule has 0 aromatic rings. The smallest absolute Gasteiger partial charge is 0.245 e. The molecular formula is C23H46N2O9. The molecule has 0 saturated carbocycles. The number of hydrogen-bond donors (Lipinski definition) is 2. The zero-order chi connectivity index (χ0) is 25.0. The normalized spacial score (nSPS) is 11.0. The molecule has 0 aliphatic heterocycles. The quantitative estimate of drug-likeness (QED) is 0.158. The summed E-state index contributed by atoms with van der Waals surface area (Å²) in [6.07, 6.45) is 3.89. The highest BCUT2D eigenvalue weighted by atomic mass is 16.6. The van der Waals surface area contributed by atoms with E-state index in [1.165, 1.54) is 0 Å². The predicted molar refractivity (Wildman–Crippen MR) is 127 cm³/mol. The summed E-state index contributed by atoms with van der Waals surface area (Å²) < 4.78 is 37.4. The molecule has 2 amide bonds. The molecule has 0 fully saturated rings. The van der Waals surface area contributed by atoms with Gasteiger partial charge >= 0.3 is 0 Å². The number of amides is 2. The number of carbonyl (C=O) groups excluding carboxylic acids is 2. The molecule has 0 atom stereocenters. The Labute approximate surface area is 204 Å². The Hall–Kier alpha value is -1.34. The molecule has 202 valence electrons. The van der Waals surface area contributed by atoms with Gasteiger partial charge < -0.3 is 43.8 Å². The number of hydrogen-bond acceptors (Lipinski definition) is 9. The first-order valence-electron chi connectivity index (χ1n) is 12.2. The fourth-order valence-corrected chi connectivity index (χ4v) is 2.36.